The van der Waals surface area contributed by atoms with Crippen molar-refractivity contribution in [2.75, 3.05) is 11.4 Å². The number of anilines is 1. The van der Waals surface area contributed by atoms with Crippen LogP contribution in [0.15, 0.2) is 24.3 Å². The molecule has 0 saturated heterocycles. The molecule has 0 fully saturated rings. The Kier molecular flexibility index (Phi) is 4.02. The zero-order chi connectivity index (χ0) is 13.1. The maximum absolute atomic E-state index is 12.5. The van der Waals surface area contributed by atoms with Gasteiger partial charge < -0.3 is 10.6 Å². The number of nitrogens with zero attached hydrogens (tertiary/aromatic N) is 1. The van der Waals surface area contributed by atoms with Gasteiger partial charge in [-0.05, 0) is 30.4 Å². The van der Waals surface area contributed by atoms with Crippen molar-refractivity contribution < 1.29 is 4.79 Å². The molecule has 0 bridgehead atoms. The summed E-state index contributed by atoms with van der Waals surface area (Å²) in [4.78, 5) is 14.3. The third kappa shape index (κ3) is 2.41. The van der Waals surface area contributed by atoms with Gasteiger partial charge in [0.25, 0.3) is 0 Å². The van der Waals surface area contributed by atoms with E-state index in [4.69, 9.17) is 5.73 Å². The molecule has 3 nitrogen and oxygen atoms in total. The fourth-order valence-corrected chi connectivity index (χ4v) is 2.44. The fourth-order valence-electron chi connectivity index (χ4n) is 2.44. The second kappa shape index (κ2) is 5.53. The molecular formula is C15H22N2O. The Morgan fingerprint density at radius 2 is 2.17 bits per heavy atom. The van der Waals surface area contributed by atoms with E-state index in [1.807, 2.05) is 30.0 Å². The van der Waals surface area contributed by atoms with Gasteiger partial charge in [0.2, 0.25) is 5.91 Å². The van der Waals surface area contributed by atoms with Crippen molar-refractivity contribution in [3.8, 4) is 0 Å². The summed E-state index contributed by atoms with van der Waals surface area (Å²) in [7, 11) is 0. The van der Waals surface area contributed by atoms with Crippen LogP contribution in [0.1, 0.15) is 32.3 Å². The Morgan fingerprint density at radius 1 is 1.44 bits per heavy atom. The summed E-state index contributed by atoms with van der Waals surface area (Å²) in [5.74, 6) is 0.295. The van der Waals surface area contributed by atoms with E-state index >= 15 is 0 Å². The predicted molar refractivity (Wildman–Crippen MR) is 74.5 cm³/mol. The maximum Gasteiger partial charge on any atom is 0.244 e. The normalized spacial score (nSPS) is 18.1. The monoisotopic (exact) mass is 246 g/mol. The van der Waals surface area contributed by atoms with Gasteiger partial charge in [0.15, 0.2) is 0 Å². The summed E-state index contributed by atoms with van der Waals surface area (Å²) in [6.07, 6.45) is 3.01. The van der Waals surface area contributed by atoms with Crippen molar-refractivity contribution in [3.63, 3.8) is 0 Å². The quantitative estimate of drug-likeness (QED) is 0.889. The van der Waals surface area contributed by atoms with Crippen LogP contribution in [-0.4, -0.2) is 18.5 Å². The van der Waals surface area contributed by atoms with Crippen LogP contribution in [0.3, 0.4) is 0 Å². The van der Waals surface area contributed by atoms with Crippen LogP contribution in [0, 0.1) is 5.92 Å². The van der Waals surface area contributed by atoms with Gasteiger partial charge in [-0.1, -0.05) is 38.5 Å². The topological polar surface area (TPSA) is 46.3 Å². The molecule has 1 aromatic rings. The molecule has 1 aliphatic rings. The zero-order valence-electron chi connectivity index (χ0n) is 11.2. The molecule has 18 heavy (non-hydrogen) atoms. The van der Waals surface area contributed by atoms with Crippen LogP contribution in [0.25, 0.3) is 0 Å². The van der Waals surface area contributed by atoms with Gasteiger partial charge in [0.1, 0.15) is 0 Å². The van der Waals surface area contributed by atoms with Gasteiger partial charge in [-0.2, -0.15) is 0 Å². The second-order valence-corrected chi connectivity index (χ2v) is 5.13. The molecule has 1 amide bonds. The van der Waals surface area contributed by atoms with Gasteiger partial charge >= 0.3 is 0 Å². The van der Waals surface area contributed by atoms with E-state index in [0.29, 0.717) is 0 Å². The molecule has 1 aliphatic heterocycles. The number of para-hydroxylation sites is 1. The highest BCUT2D eigenvalue weighted by Gasteiger charge is 2.28. The van der Waals surface area contributed by atoms with Crippen LogP contribution < -0.4 is 10.6 Å². The SMILES string of the molecule is CCC(C)C(N)C(=O)N1CCCc2ccccc21. The van der Waals surface area contributed by atoms with Crippen LogP contribution in [0.5, 0.6) is 0 Å². The lowest BCUT2D eigenvalue weighted by Crippen LogP contribution is -2.48. The van der Waals surface area contributed by atoms with Crippen LogP contribution in [-0.2, 0) is 11.2 Å². The lowest BCUT2D eigenvalue weighted by molar-refractivity contribution is -0.120. The van der Waals surface area contributed by atoms with Crippen molar-refractivity contribution in [2.24, 2.45) is 11.7 Å². The van der Waals surface area contributed by atoms with Gasteiger partial charge in [-0.3, -0.25) is 4.79 Å². The number of rotatable bonds is 3. The molecule has 2 unspecified atom stereocenters. The first-order chi connectivity index (χ1) is 8.65. The smallest absolute Gasteiger partial charge is 0.244 e. The summed E-state index contributed by atoms with van der Waals surface area (Å²) in [6.45, 7) is 4.90. The van der Waals surface area contributed by atoms with Crippen molar-refractivity contribution in [1.29, 1.82) is 0 Å². The number of carbonyl (C=O) groups excluding carboxylic acids is 1. The molecule has 2 N–H and O–H groups in total. The van der Waals surface area contributed by atoms with E-state index in [-0.39, 0.29) is 17.9 Å². The van der Waals surface area contributed by atoms with E-state index < -0.39 is 0 Å². The van der Waals surface area contributed by atoms with E-state index in [2.05, 4.69) is 13.0 Å². The summed E-state index contributed by atoms with van der Waals surface area (Å²) in [5.41, 5.74) is 8.37. The minimum Gasteiger partial charge on any atom is -0.320 e. The van der Waals surface area contributed by atoms with Gasteiger partial charge in [-0.15, -0.1) is 0 Å². The third-order valence-corrected chi connectivity index (χ3v) is 3.92. The molecule has 0 saturated carbocycles. The van der Waals surface area contributed by atoms with E-state index in [9.17, 15) is 4.79 Å². The fraction of sp³-hybridized carbons (Fsp3) is 0.533. The zero-order valence-corrected chi connectivity index (χ0v) is 11.2. The number of amides is 1. The standard InChI is InChI=1S/C15H22N2O/c1-3-11(2)14(16)15(18)17-10-6-8-12-7-4-5-9-13(12)17/h4-5,7,9,11,14H,3,6,8,10,16H2,1-2H3. The molecule has 98 valence electrons. The van der Waals surface area contributed by atoms with Crippen molar-refractivity contribution in [1.82, 2.24) is 0 Å². The van der Waals surface area contributed by atoms with Gasteiger partial charge in [0, 0.05) is 12.2 Å². The Morgan fingerprint density at radius 3 is 2.89 bits per heavy atom. The minimum absolute atomic E-state index is 0.0662. The first kappa shape index (κ1) is 13.1. The highest BCUT2D eigenvalue weighted by atomic mass is 16.2. The third-order valence-electron chi connectivity index (χ3n) is 3.92. The Labute approximate surface area is 109 Å². The lowest BCUT2D eigenvalue weighted by atomic mass is 9.96. The summed E-state index contributed by atoms with van der Waals surface area (Å²) >= 11 is 0. The molecule has 0 spiro atoms. The van der Waals surface area contributed by atoms with Crippen LogP contribution in [0.2, 0.25) is 0 Å². The molecule has 0 aromatic heterocycles. The first-order valence-corrected chi connectivity index (χ1v) is 6.80. The Balaban J connectivity index is 2.22. The summed E-state index contributed by atoms with van der Waals surface area (Å²) < 4.78 is 0. The highest BCUT2D eigenvalue weighted by Crippen LogP contribution is 2.27. The van der Waals surface area contributed by atoms with Gasteiger partial charge in [-0.25, -0.2) is 0 Å². The molecular weight excluding hydrogens is 224 g/mol. The van der Waals surface area contributed by atoms with Crippen LogP contribution >= 0.6 is 0 Å². The molecule has 0 radical (unpaired) electrons. The summed E-state index contributed by atoms with van der Waals surface area (Å²) in [6, 6.07) is 7.75. The van der Waals surface area contributed by atoms with Crippen molar-refractivity contribution in [2.45, 2.75) is 39.2 Å². The number of fused-ring (bicyclic) bond motifs is 1. The molecule has 3 heteroatoms. The Hall–Kier alpha value is -1.35. The summed E-state index contributed by atoms with van der Waals surface area (Å²) in [5, 5.41) is 0. The number of hydrogen-bond acceptors (Lipinski definition) is 2. The molecule has 2 atom stereocenters. The maximum atomic E-state index is 12.5. The number of aryl methyl sites for hydroxylation is 1. The second-order valence-electron chi connectivity index (χ2n) is 5.13. The molecule has 1 aromatic carbocycles. The van der Waals surface area contributed by atoms with Crippen LogP contribution in [0.4, 0.5) is 5.69 Å². The van der Waals surface area contributed by atoms with E-state index in [1.54, 1.807) is 0 Å². The van der Waals surface area contributed by atoms with E-state index in [0.717, 1.165) is 31.5 Å². The van der Waals surface area contributed by atoms with Gasteiger partial charge in [0.05, 0.1) is 6.04 Å². The lowest BCUT2D eigenvalue weighted by Gasteiger charge is -2.32. The number of hydrogen-bond donors (Lipinski definition) is 1. The average molecular weight is 246 g/mol. The number of benzene rings is 1. The number of nitrogens with two attached hydrogens (primary N) is 1. The number of carbonyl (C=O) groups is 1. The average Bonchev–Trinajstić information content (AvgIpc) is 2.44. The molecule has 2 rings (SSSR count). The Bertz CT molecular complexity index is 430. The first-order valence-electron chi connectivity index (χ1n) is 6.80. The molecule has 1 heterocycles. The highest BCUT2D eigenvalue weighted by molar-refractivity contribution is 5.98. The molecule has 0 aliphatic carbocycles. The van der Waals surface area contributed by atoms with E-state index in [1.165, 1.54) is 5.56 Å². The predicted octanol–water partition coefficient (Wildman–Crippen LogP) is 2.34. The largest absolute Gasteiger partial charge is 0.320 e. The minimum atomic E-state index is -0.388. The van der Waals surface area contributed by atoms with Crippen molar-refractivity contribution in [3.05, 3.63) is 29.8 Å². The van der Waals surface area contributed by atoms with Crippen molar-refractivity contribution >= 4 is 11.6 Å².